The van der Waals surface area contributed by atoms with Crippen molar-refractivity contribution in [1.29, 1.82) is 0 Å². The molecule has 3 rings (SSSR count). The minimum atomic E-state index is 0.305. The third-order valence-corrected chi connectivity index (χ3v) is 3.38. The Kier molecular flexibility index (Phi) is 2.41. The summed E-state index contributed by atoms with van der Waals surface area (Å²) in [4.78, 5) is 0. The van der Waals surface area contributed by atoms with Gasteiger partial charge in [0, 0.05) is 0 Å². The van der Waals surface area contributed by atoms with Crippen LogP contribution in [0.3, 0.4) is 0 Å². The topological polar surface area (TPSA) is 9.23 Å². The Bertz CT molecular complexity index is 504. The third kappa shape index (κ3) is 1.72. The molecule has 1 fully saturated rings. The Labute approximate surface area is 96.0 Å². The molecule has 0 saturated carbocycles. The fraction of sp³-hybridized carbons (Fsp3) is 0.333. The van der Waals surface area contributed by atoms with Crippen LogP contribution >= 0.6 is 0 Å². The summed E-state index contributed by atoms with van der Waals surface area (Å²) in [5.74, 6) is 0. The summed E-state index contributed by atoms with van der Waals surface area (Å²) in [7, 11) is 0. The van der Waals surface area contributed by atoms with Crippen LogP contribution in [0, 0.1) is 0 Å². The van der Waals surface area contributed by atoms with E-state index in [0.29, 0.717) is 12.2 Å². The molecule has 0 aliphatic carbocycles. The standard InChI is InChI=1S/C15H16O/c1-11-6-9-15(16-11)14-8-7-12-4-2-3-5-13(12)10-14/h2-5,7-8,10-11,15H,6,9H2,1H3/t11-,15+/m0/s1. The van der Waals surface area contributed by atoms with Crippen molar-refractivity contribution < 1.29 is 4.74 Å². The quantitative estimate of drug-likeness (QED) is 0.692. The van der Waals surface area contributed by atoms with Crippen molar-refractivity contribution in [2.75, 3.05) is 0 Å². The van der Waals surface area contributed by atoms with Crippen molar-refractivity contribution in [3.8, 4) is 0 Å². The van der Waals surface area contributed by atoms with Gasteiger partial charge in [-0.25, -0.2) is 0 Å². The first-order valence-corrected chi connectivity index (χ1v) is 5.97. The minimum absolute atomic E-state index is 0.305. The first-order valence-electron chi connectivity index (χ1n) is 5.97. The number of hydrogen-bond acceptors (Lipinski definition) is 1. The van der Waals surface area contributed by atoms with Crippen LogP contribution < -0.4 is 0 Å². The van der Waals surface area contributed by atoms with Crippen molar-refractivity contribution in [2.45, 2.75) is 32.0 Å². The van der Waals surface area contributed by atoms with Crippen LogP contribution in [0.15, 0.2) is 42.5 Å². The lowest BCUT2D eigenvalue weighted by atomic mass is 10.0. The lowest BCUT2D eigenvalue weighted by Crippen LogP contribution is -2.00. The molecule has 1 aliphatic rings. The Balaban J connectivity index is 1.99. The molecule has 1 aliphatic heterocycles. The number of ether oxygens (including phenoxy) is 1. The number of rotatable bonds is 1. The molecule has 0 spiro atoms. The molecule has 0 N–H and O–H groups in total. The highest BCUT2D eigenvalue weighted by molar-refractivity contribution is 5.83. The molecule has 0 aromatic heterocycles. The number of hydrogen-bond donors (Lipinski definition) is 0. The number of fused-ring (bicyclic) bond motifs is 1. The Morgan fingerprint density at radius 1 is 1.00 bits per heavy atom. The molecule has 1 heterocycles. The SMILES string of the molecule is C[C@H]1CC[C@H](c2ccc3ccccc3c2)O1. The van der Waals surface area contributed by atoms with E-state index < -0.39 is 0 Å². The molecule has 2 aromatic rings. The summed E-state index contributed by atoms with van der Waals surface area (Å²) in [5.41, 5.74) is 1.32. The van der Waals surface area contributed by atoms with E-state index >= 15 is 0 Å². The van der Waals surface area contributed by atoms with Gasteiger partial charge in [-0.05, 0) is 42.2 Å². The number of benzene rings is 2. The van der Waals surface area contributed by atoms with Crippen LogP contribution in [0.2, 0.25) is 0 Å². The smallest absolute Gasteiger partial charge is 0.0829 e. The summed E-state index contributed by atoms with van der Waals surface area (Å²) >= 11 is 0. The lowest BCUT2D eigenvalue weighted by molar-refractivity contribution is 0.0556. The van der Waals surface area contributed by atoms with Crippen molar-refractivity contribution in [3.05, 3.63) is 48.0 Å². The lowest BCUT2D eigenvalue weighted by Gasteiger charge is -2.12. The second-order valence-corrected chi connectivity index (χ2v) is 4.62. The first kappa shape index (κ1) is 9.86. The second-order valence-electron chi connectivity index (χ2n) is 4.62. The van der Waals surface area contributed by atoms with Crippen LogP contribution in [0.4, 0.5) is 0 Å². The third-order valence-electron chi connectivity index (χ3n) is 3.38. The molecule has 1 nitrogen and oxygen atoms in total. The Hall–Kier alpha value is -1.34. The van der Waals surface area contributed by atoms with E-state index in [4.69, 9.17) is 4.74 Å². The molecule has 0 amide bonds. The fourth-order valence-electron chi connectivity index (χ4n) is 2.46. The normalized spacial score (nSPS) is 25.1. The molecular weight excluding hydrogens is 196 g/mol. The maximum absolute atomic E-state index is 5.90. The van der Waals surface area contributed by atoms with Gasteiger partial charge < -0.3 is 4.74 Å². The molecule has 0 radical (unpaired) electrons. The molecule has 82 valence electrons. The summed E-state index contributed by atoms with van der Waals surface area (Å²) in [6.45, 7) is 2.15. The van der Waals surface area contributed by atoms with Crippen molar-refractivity contribution in [2.24, 2.45) is 0 Å². The molecule has 1 saturated heterocycles. The van der Waals surface area contributed by atoms with E-state index in [2.05, 4.69) is 49.4 Å². The largest absolute Gasteiger partial charge is 0.371 e. The molecular formula is C15H16O. The van der Waals surface area contributed by atoms with Gasteiger partial charge in [-0.15, -0.1) is 0 Å². The summed E-state index contributed by atoms with van der Waals surface area (Å²) in [6, 6.07) is 15.1. The van der Waals surface area contributed by atoms with Crippen molar-refractivity contribution in [1.82, 2.24) is 0 Å². The van der Waals surface area contributed by atoms with Crippen molar-refractivity contribution >= 4 is 10.8 Å². The molecule has 0 bridgehead atoms. The van der Waals surface area contributed by atoms with Gasteiger partial charge in [0.05, 0.1) is 12.2 Å². The van der Waals surface area contributed by atoms with Gasteiger partial charge in [0.15, 0.2) is 0 Å². The monoisotopic (exact) mass is 212 g/mol. The van der Waals surface area contributed by atoms with Crippen LogP contribution in [0.5, 0.6) is 0 Å². The van der Waals surface area contributed by atoms with Gasteiger partial charge in [0.1, 0.15) is 0 Å². The maximum Gasteiger partial charge on any atom is 0.0829 e. The molecule has 0 unspecified atom stereocenters. The maximum atomic E-state index is 5.90. The van der Waals surface area contributed by atoms with Gasteiger partial charge in [-0.2, -0.15) is 0 Å². The fourth-order valence-corrected chi connectivity index (χ4v) is 2.46. The van der Waals surface area contributed by atoms with Crippen LogP contribution in [0.1, 0.15) is 31.4 Å². The molecule has 2 atom stereocenters. The summed E-state index contributed by atoms with van der Waals surface area (Å²) < 4.78 is 5.90. The zero-order valence-corrected chi connectivity index (χ0v) is 9.52. The average molecular weight is 212 g/mol. The van der Waals surface area contributed by atoms with Crippen LogP contribution in [-0.4, -0.2) is 6.10 Å². The van der Waals surface area contributed by atoms with Gasteiger partial charge in [0.2, 0.25) is 0 Å². The predicted octanol–water partition coefficient (Wildman–Crippen LogP) is 4.08. The highest BCUT2D eigenvalue weighted by Gasteiger charge is 2.23. The van der Waals surface area contributed by atoms with Crippen molar-refractivity contribution in [3.63, 3.8) is 0 Å². The first-order chi connectivity index (χ1) is 7.83. The summed E-state index contributed by atoms with van der Waals surface area (Å²) in [6.07, 6.45) is 3.05. The zero-order chi connectivity index (χ0) is 11.0. The van der Waals surface area contributed by atoms with E-state index in [1.165, 1.54) is 22.8 Å². The minimum Gasteiger partial charge on any atom is -0.371 e. The van der Waals surface area contributed by atoms with E-state index in [0.717, 1.165) is 6.42 Å². The zero-order valence-electron chi connectivity index (χ0n) is 9.52. The summed E-state index contributed by atoms with van der Waals surface area (Å²) in [5, 5.41) is 2.61. The van der Waals surface area contributed by atoms with E-state index in [1.807, 2.05) is 0 Å². The van der Waals surface area contributed by atoms with Gasteiger partial charge in [-0.3, -0.25) is 0 Å². The predicted molar refractivity (Wildman–Crippen MR) is 66.5 cm³/mol. The average Bonchev–Trinajstić information content (AvgIpc) is 2.75. The van der Waals surface area contributed by atoms with E-state index in [1.54, 1.807) is 0 Å². The Morgan fingerprint density at radius 3 is 2.56 bits per heavy atom. The van der Waals surface area contributed by atoms with Crippen LogP contribution in [-0.2, 0) is 4.74 Å². The highest BCUT2D eigenvalue weighted by atomic mass is 16.5. The molecule has 2 aromatic carbocycles. The van der Waals surface area contributed by atoms with E-state index in [-0.39, 0.29) is 0 Å². The van der Waals surface area contributed by atoms with Crippen LogP contribution in [0.25, 0.3) is 10.8 Å². The Morgan fingerprint density at radius 2 is 1.81 bits per heavy atom. The molecule has 16 heavy (non-hydrogen) atoms. The van der Waals surface area contributed by atoms with E-state index in [9.17, 15) is 0 Å². The second kappa shape index (κ2) is 3.91. The van der Waals surface area contributed by atoms with Gasteiger partial charge in [-0.1, -0.05) is 36.4 Å². The highest BCUT2D eigenvalue weighted by Crippen LogP contribution is 2.33. The molecule has 1 heteroatoms. The van der Waals surface area contributed by atoms with Gasteiger partial charge >= 0.3 is 0 Å². The van der Waals surface area contributed by atoms with Gasteiger partial charge in [0.25, 0.3) is 0 Å².